The van der Waals surface area contributed by atoms with E-state index in [1.165, 1.54) is 11.3 Å². The molecule has 1 aliphatic heterocycles. The number of hydrogen-bond donors (Lipinski definition) is 2. The lowest BCUT2D eigenvalue weighted by atomic mass is 9.77. The SMILES string of the molecule is C=C(/C=C/C(C#N)=C/C=C1/N(C)c2ccccc2C1(C)C)C(C)(C)c1ccccc1NCCCCCC(N)=O. The third-order valence-corrected chi connectivity index (χ3v) is 7.77. The lowest BCUT2D eigenvalue weighted by molar-refractivity contribution is -0.118. The number of nitrogens with one attached hydrogen (secondary N) is 1. The Bertz CT molecular complexity index is 1340. The van der Waals surface area contributed by atoms with E-state index in [4.69, 9.17) is 5.73 Å². The molecule has 5 heteroatoms. The number of nitrogens with two attached hydrogens (primary N) is 1. The molecule has 1 amide bonds. The van der Waals surface area contributed by atoms with Gasteiger partial charge in [-0.2, -0.15) is 5.26 Å². The molecule has 204 valence electrons. The Morgan fingerprint density at radius 1 is 1.10 bits per heavy atom. The molecule has 0 bridgehead atoms. The van der Waals surface area contributed by atoms with Crippen molar-refractivity contribution in [2.24, 2.45) is 5.73 Å². The lowest BCUT2D eigenvalue weighted by Gasteiger charge is -2.29. The number of nitrogens with zero attached hydrogens (tertiary/aromatic N) is 2. The molecule has 2 aromatic carbocycles. The van der Waals surface area contributed by atoms with E-state index >= 15 is 0 Å². The van der Waals surface area contributed by atoms with E-state index in [-0.39, 0.29) is 16.7 Å². The molecule has 0 radical (unpaired) electrons. The number of hydrogen-bond acceptors (Lipinski definition) is 4. The van der Waals surface area contributed by atoms with E-state index in [2.05, 4.69) is 100 Å². The summed E-state index contributed by atoms with van der Waals surface area (Å²) in [7, 11) is 2.08. The van der Waals surface area contributed by atoms with Crippen molar-refractivity contribution < 1.29 is 4.79 Å². The summed E-state index contributed by atoms with van der Waals surface area (Å²) in [6.07, 6.45) is 10.9. The molecule has 1 aliphatic rings. The molecule has 0 saturated heterocycles. The predicted octanol–water partition coefficient (Wildman–Crippen LogP) is 7.30. The van der Waals surface area contributed by atoms with Crippen molar-refractivity contribution in [1.82, 2.24) is 0 Å². The van der Waals surface area contributed by atoms with Crippen molar-refractivity contribution in [1.29, 1.82) is 5.26 Å². The van der Waals surface area contributed by atoms with Crippen molar-refractivity contribution in [3.63, 3.8) is 0 Å². The van der Waals surface area contributed by atoms with Crippen molar-refractivity contribution in [3.05, 3.63) is 107 Å². The number of rotatable bonds is 12. The maximum atomic E-state index is 10.9. The van der Waals surface area contributed by atoms with Gasteiger partial charge in [0, 0.05) is 47.9 Å². The summed E-state index contributed by atoms with van der Waals surface area (Å²) in [5.74, 6) is -0.243. The van der Waals surface area contributed by atoms with Gasteiger partial charge in [0.2, 0.25) is 5.91 Å². The van der Waals surface area contributed by atoms with Gasteiger partial charge < -0.3 is 16.0 Å². The standard InChI is InChI=1S/C34H42N4O/c1-25(33(2,3)27-14-9-11-16-29(27)37-23-13-7-8-18-32(36)39)19-20-26(24-35)21-22-31-34(4,5)28-15-10-12-17-30(28)38(31)6/h9-12,14-17,19-22,37H,1,7-8,13,18,23H2,2-6H3,(H2,36,39)/b20-19+,26-21-,31-22+. The van der Waals surface area contributed by atoms with Crippen LogP contribution < -0.4 is 16.0 Å². The molecule has 3 N–H and O–H groups in total. The van der Waals surface area contributed by atoms with Gasteiger partial charge in [0.1, 0.15) is 0 Å². The monoisotopic (exact) mass is 522 g/mol. The lowest BCUT2D eigenvalue weighted by Crippen LogP contribution is -2.22. The number of fused-ring (bicyclic) bond motifs is 1. The maximum absolute atomic E-state index is 10.9. The number of unbranched alkanes of at least 4 members (excludes halogenated alkanes) is 2. The molecule has 0 aliphatic carbocycles. The van der Waals surface area contributed by atoms with Gasteiger partial charge in [0.05, 0.1) is 11.6 Å². The van der Waals surface area contributed by atoms with Crippen molar-refractivity contribution in [3.8, 4) is 6.07 Å². The van der Waals surface area contributed by atoms with Gasteiger partial charge in [-0.15, -0.1) is 0 Å². The first-order valence-corrected chi connectivity index (χ1v) is 13.6. The van der Waals surface area contributed by atoms with E-state index in [1.807, 2.05) is 30.4 Å². The molecule has 0 aromatic heterocycles. The summed E-state index contributed by atoms with van der Waals surface area (Å²) in [5, 5.41) is 13.4. The predicted molar refractivity (Wildman–Crippen MR) is 164 cm³/mol. The zero-order valence-corrected chi connectivity index (χ0v) is 24.1. The summed E-state index contributed by atoms with van der Waals surface area (Å²) in [6, 6.07) is 19.0. The fraction of sp³-hybridized carbons (Fsp3) is 0.353. The molecule has 0 unspecified atom stereocenters. The molecular weight excluding hydrogens is 480 g/mol. The van der Waals surface area contributed by atoms with Crippen LogP contribution in [0.5, 0.6) is 0 Å². The second-order valence-electron chi connectivity index (χ2n) is 11.2. The molecule has 0 fully saturated rings. The highest BCUT2D eigenvalue weighted by Gasteiger charge is 2.37. The number of para-hydroxylation sites is 2. The maximum Gasteiger partial charge on any atom is 0.217 e. The van der Waals surface area contributed by atoms with E-state index in [0.29, 0.717) is 12.0 Å². The van der Waals surface area contributed by atoms with Crippen LogP contribution in [0.1, 0.15) is 64.5 Å². The summed E-state index contributed by atoms with van der Waals surface area (Å²) >= 11 is 0. The first-order chi connectivity index (χ1) is 18.5. The first-order valence-electron chi connectivity index (χ1n) is 13.6. The molecule has 5 nitrogen and oxygen atoms in total. The van der Waals surface area contributed by atoms with Crippen LogP contribution in [-0.2, 0) is 15.6 Å². The number of allylic oxidation sites excluding steroid dienone is 7. The molecule has 1 heterocycles. The topological polar surface area (TPSA) is 82.2 Å². The molecule has 0 atom stereocenters. The average Bonchev–Trinajstić information content (AvgIpc) is 3.10. The summed E-state index contributed by atoms with van der Waals surface area (Å²) in [5.41, 5.74) is 12.1. The van der Waals surface area contributed by atoms with Crippen molar-refractivity contribution in [2.75, 3.05) is 23.8 Å². The molecular formula is C34H42N4O. The first kappa shape index (κ1) is 29.5. The number of primary amides is 1. The Balaban J connectivity index is 1.72. The number of anilines is 2. The van der Waals surface area contributed by atoms with Gasteiger partial charge in [-0.25, -0.2) is 0 Å². The van der Waals surface area contributed by atoms with Crippen LogP contribution in [0.15, 0.2) is 96.3 Å². The molecule has 0 saturated carbocycles. The highest BCUT2D eigenvalue weighted by Crippen LogP contribution is 2.46. The number of benzene rings is 2. The minimum absolute atomic E-state index is 0.143. The van der Waals surface area contributed by atoms with Crippen LogP contribution in [0.25, 0.3) is 0 Å². The Morgan fingerprint density at radius 3 is 2.49 bits per heavy atom. The van der Waals surface area contributed by atoms with Crippen LogP contribution in [0.2, 0.25) is 0 Å². The molecule has 2 aromatic rings. The molecule has 0 spiro atoms. The minimum atomic E-state index is -0.347. The Hall–Kier alpha value is -4.04. The molecule has 3 rings (SSSR count). The van der Waals surface area contributed by atoms with Gasteiger partial charge in [-0.05, 0) is 59.9 Å². The Kier molecular flexibility index (Phi) is 9.59. The van der Waals surface area contributed by atoms with Crippen molar-refractivity contribution >= 4 is 17.3 Å². The number of likely N-dealkylation sites (N-methyl/N-ethyl adjacent to an activating group) is 1. The van der Waals surface area contributed by atoms with Crippen LogP contribution in [-0.4, -0.2) is 19.5 Å². The van der Waals surface area contributed by atoms with E-state index < -0.39 is 0 Å². The minimum Gasteiger partial charge on any atom is -0.385 e. The third kappa shape index (κ3) is 6.89. The third-order valence-electron chi connectivity index (χ3n) is 7.77. The van der Waals surface area contributed by atoms with Gasteiger partial charge in [-0.3, -0.25) is 4.79 Å². The van der Waals surface area contributed by atoms with Crippen LogP contribution >= 0.6 is 0 Å². The largest absolute Gasteiger partial charge is 0.385 e. The number of carbonyl (C=O) groups excluding carboxylic acids is 1. The highest BCUT2D eigenvalue weighted by molar-refractivity contribution is 5.73. The number of carbonyl (C=O) groups is 1. The smallest absolute Gasteiger partial charge is 0.217 e. The quantitative estimate of drug-likeness (QED) is 0.174. The summed E-state index contributed by atoms with van der Waals surface area (Å²) in [6.45, 7) is 13.9. The fourth-order valence-corrected chi connectivity index (χ4v) is 5.18. The van der Waals surface area contributed by atoms with E-state index in [0.717, 1.165) is 48.3 Å². The zero-order chi connectivity index (χ0) is 28.6. The van der Waals surface area contributed by atoms with E-state index in [9.17, 15) is 10.1 Å². The van der Waals surface area contributed by atoms with E-state index in [1.54, 1.807) is 0 Å². The summed E-state index contributed by atoms with van der Waals surface area (Å²) < 4.78 is 0. The van der Waals surface area contributed by atoms with Gasteiger partial charge >= 0.3 is 0 Å². The normalized spacial score (nSPS) is 15.8. The van der Waals surface area contributed by atoms with Crippen LogP contribution in [0.3, 0.4) is 0 Å². The van der Waals surface area contributed by atoms with Crippen LogP contribution in [0, 0.1) is 11.3 Å². The number of nitriles is 1. The second kappa shape index (κ2) is 12.7. The van der Waals surface area contributed by atoms with Gasteiger partial charge in [0.25, 0.3) is 0 Å². The zero-order valence-electron chi connectivity index (χ0n) is 24.1. The second-order valence-corrected chi connectivity index (χ2v) is 11.2. The van der Waals surface area contributed by atoms with Gasteiger partial charge in [-0.1, -0.05) is 83.2 Å². The Morgan fingerprint density at radius 2 is 1.79 bits per heavy atom. The Labute approximate surface area is 234 Å². The average molecular weight is 523 g/mol. The van der Waals surface area contributed by atoms with Crippen LogP contribution in [0.4, 0.5) is 11.4 Å². The number of amides is 1. The summed E-state index contributed by atoms with van der Waals surface area (Å²) in [4.78, 5) is 13.1. The highest BCUT2D eigenvalue weighted by atomic mass is 16.1. The fourth-order valence-electron chi connectivity index (χ4n) is 5.18. The van der Waals surface area contributed by atoms with Gasteiger partial charge in [0.15, 0.2) is 0 Å². The molecule has 39 heavy (non-hydrogen) atoms. The van der Waals surface area contributed by atoms with Crippen molar-refractivity contribution in [2.45, 2.75) is 64.2 Å².